The van der Waals surface area contributed by atoms with Gasteiger partial charge in [0.25, 0.3) is 0 Å². The standard InChI is InChI=1S/C28H33N9O2/c1-18(2)24-16-35(12-11-34-14-21-7-8-22(15-34)39-21)28(38)37(24)25-9-10-36-27(32-25)23(13-31-36)19-3-5-20(6-4-19)26-29-17-30-33-26/h3-6,9-10,13,17-18,21-22,24H,7-8,11-12,14-16H2,1-2H3,(H,29,30,33)/t21?,22?,24-/m1/s1. The molecule has 11 heteroatoms. The van der Waals surface area contributed by atoms with Gasteiger partial charge in [-0.25, -0.2) is 19.3 Å². The average molecular weight is 528 g/mol. The first-order valence-electron chi connectivity index (χ1n) is 13.8. The van der Waals surface area contributed by atoms with E-state index in [1.54, 1.807) is 10.8 Å². The van der Waals surface area contributed by atoms with Crippen LogP contribution in [0.3, 0.4) is 0 Å². The minimum Gasteiger partial charge on any atom is -0.372 e. The summed E-state index contributed by atoms with van der Waals surface area (Å²) in [6.07, 6.45) is 8.30. The van der Waals surface area contributed by atoms with Gasteiger partial charge in [-0.2, -0.15) is 10.2 Å². The second-order valence-corrected chi connectivity index (χ2v) is 11.1. The number of urea groups is 1. The number of nitrogens with zero attached hydrogens (tertiary/aromatic N) is 8. The van der Waals surface area contributed by atoms with Crippen molar-refractivity contribution in [2.24, 2.45) is 5.92 Å². The molecule has 2 unspecified atom stereocenters. The Morgan fingerprint density at radius 3 is 2.51 bits per heavy atom. The number of nitrogens with one attached hydrogen (secondary N) is 1. The minimum atomic E-state index is 0.0266. The van der Waals surface area contributed by atoms with E-state index in [1.165, 1.54) is 0 Å². The molecule has 4 aromatic rings. The van der Waals surface area contributed by atoms with E-state index in [-0.39, 0.29) is 12.1 Å². The second-order valence-electron chi connectivity index (χ2n) is 11.1. The molecular formula is C28H33N9O2. The van der Waals surface area contributed by atoms with Gasteiger partial charge in [0.05, 0.1) is 24.4 Å². The van der Waals surface area contributed by atoms with Crippen molar-refractivity contribution in [1.82, 2.24) is 39.6 Å². The number of ether oxygens (including phenoxy) is 1. The van der Waals surface area contributed by atoms with Gasteiger partial charge in [-0.05, 0) is 30.4 Å². The summed E-state index contributed by atoms with van der Waals surface area (Å²) >= 11 is 0. The Kier molecular flexibility index (Phi) is 6.04. The van der Waals surface area contributed by atoms with E-state index >= 15 is 0 Å². The summed E-state index contributed by atoms with van der Waals surface area (Å²) in [6, 6.07) is 10.00. The molecule has 3 aromatic heterocycles. The van der Waals surface area contributed by atoms with Crippen LogP contribution >= 0.6 is 0 Å². The lowest BCUT2D eigenvalue weighted by Gasteiger charge is -2.33. The summed E-state index contributed by atoms with van der Waals surface area (Å²) in [5, 5.41) is 11.4. The van der Waals surface area contributed by atoms with E-state index in [2.05, 4.69) is 39.0 Å². The number of benzene rings is 1. The first-order chi connectivity index (χ1) is 19.0. The number of rotatable bonds is 7. The summed E-state index contributed by atoms with van der Waals surface area (Å²) in [5.41, 5.74) is 3.54. The van der Waals surface area contributed by atoms with Crippen LogP contribution in [0.5, 0.6) is 0 Å². The number of H-pyrrole nitrogens is 1. The van der Waals surface area contributed by atoms with Crippen molar-refractivity contribution in [1.29, 1.82) is 0 Å². The number of hydrogen-bond acceptors (Lipinski definition) is 7. The van der Waals surface area contributed by atoms with Gasteiger partial charge < -0.3 is 9.64 Å². The molecule has 2 amide bonds. The van der Waals surface area contributed by atoms with E-state index in [1.807, 2.05) is 52.5 Å². The Morgan fingerprint density at radius 1 is 1.03 bits per heavy atom. The molecule has 1 N–H and O–H groups in total. The third-order valence-corrected chi connectivity index (χ3v) is 8.26. The van der Waals surface area contributed by atoms with Crippen LogP contribution in [0.2, 0.25) is 0 Å². The molecule has 0 spiro atoms. The molecule has 6 heterocycles. The number of anilines is 1. The monoisotopic (exact) mass is 527 g/mol. The van der Waals surface area contributed by atoms with E-state index in [9.17, 15) is 4.79 Å². The van der Waals surface area contributed by atoms with E-state index in [0.29, 0.717) is 36.3 Å². The smallest absolute Gasteiger partial charge is 0.326 e. The first-order valence-corrected chi connectivity index (χ1v) is 13.8. The normalized spacial score (nSPS) is 23.6. The fraction of sp³-hybridized carbons (Fsp3) is 0.464. The number of amides is 2. The molecule has 3 aliphatic rings. The lowest BCUT2D eigenvalue weighted by molar-refractivity contribution is -0.0391. The maximum atomic E-state index is 13.7. The van der Waals surface area contributed by atoms with Gasteiger partial charge >= 0.3 is 6.03 Å². The molecule has 2 bridgehead atoms. The fourth-order valence-corrected chi connectivity index (χ4v) is 6.13. The molecule has 39 heavy (non-hydrogen) atoms. The largest absolute Gasteiger partial charge is 0.372 e. The summed E-state index contributed by atoms with van der Waals surface area (Å²) in [7, 11) is 0. The highest BCUT2D eigenvalue weighted by molar-refractivity contribution is 5.94. The highest BCUT2D eigenvalue weighted by atomic mass is 16.5. The molecule has 7 rings (SSSR count). The van der Waals surface area contributed by atoms with Gasteiger partial charge in [-0.15, -0.1) is 0 Å². The SMILES string of the molecule is CC(C)[C@H]1CN(CCN2CC3CCC(C2)O3)C(=O)N1c1ccn2ncc(-c3ccc(-c4nc[nH]n4)cc3)c2n1. The summed E-state index contributed by atoms with van der Waals surface area (Å²) in [6.45, 7) is 8.59. The molecule has 3 atom stereocenters. The number of aromatic amines is 1. The highest BCUT2D eigenvalue weighted by Crippen LogP contribution is 2.31. The zero-order valence-electron chi connectivity index (χ0n) is 22.3. The lowest BCUT2D eigenvalue weighted by Crippen LogP contribution is -2.46. The van der Waals surface area contributed by atoms with Crippen molar-refractivity contribution in [3.05, 3.63) is 49.1 Å². The molecule has 3 saturated heterocycles. The molecule has 3 fully saturated rings. The van der Waals surface area contributed by atoms with Crippen LogP contribution in [0.1, 0.15) is 26.7 Å². The number of aromatic nitrogens is 6. The zero-order chi connectivity index (χ0) is 26.5. The summed E-state index contributed by atoms with van der Waals surface area (Å²) < 4.78 is 7.75. The molecular weight excluding hydrogens is 494 g/mol. The lowest BCUT2D eigenvalue weighted by atomic mass is 10.0. The maximum absolute atomic E-state index is 13.7. The molecule has 11 nitrogen and oxygen atoms in total. The fourth-order valence-electron chi connectivity index (χ4n) is 6.13. The Balaban J connectivity index is 1.13. The second kappa shape index (κ2) is 9.73. The average Bonchev–Trinajstić information content (AvgIpc) is 3.74. The van der Waals surface area contributed by atoms with Crippen LogP contribution in [0.25, 0.3) is 28.2 Å². The number of likely N-dealkylation sites (tertiary alicyclic amines) is 1. The van der Waals surface area contributed by atoms with Gasteiger partial charge in [0.2, 0.25) is 0 Å². The van der Waals surface area contributed by atoms with Crippen molar-refractivity contribution < 1.29 is 9.53 Å². The van der Waals surface area contributed by atoms with E-state index in [0.717, 1.165) is 61.4 Å². The number of hydrogen-bond donors (Lipinski definition) is 1. The van der Waals surface area contributed by atoms with Crippen molar-refractivity contribution in [3.8, 4) is 22.5 Å². The van der Waals surface area contributed by atoms with E-state index < -0.39 is 0 Å². The van der Waals surface area contributed by atoms with Gasteiger partial charge in [-0.1, -0.05) is 38.1 Å². The summed E-state index contributed by atoms with van der Waals surface area (Å²) in [5.74, 6) is 1.61. The molecule has 1 aromatic carbocycles. The molecule has 3 aliphatic heterocycles. The number of fused-ring (bicyclic) bond motifs is 3. The van der Waals surface area contributed by atoms with Crippen molar-refractivity contribution in [3.63, 3.8) is 0 Å². The number of carbonyl (C=O) groups excluding carboxylic acids is 1. The van der Waals surface area contributed by atoms with Gasteiger partial charge in [0.1, 0.15) is 12.1 Å². The third kappa shape index (κ3) is 4.45. The van der Waals surface area contributed by atoms with Crippen LogP contribution in [-0.4, -0.2) is 96.6 Å². The molecule has 202 valence electrons. The van der Waals surface area contributed by atoms with Crippen molar-refractivity contribution >= 4 is 17.5 Å². The predicted octanol–water partition coefficient (Wildman–Crippen LogP) is 3.31. The highest BCUT2D eigenvalue weighted by Gasteiger charge is 2.41. The Morgan fingerprint density at radius 2 is 1.79 bits per heavy atom. The Labute approximate surface area is 226 Å². The van der Waals surface area contributed by atoms with Crippen molar-refractivity contribution in [2.45, 2.75) is 44.9 Å². The van der Waals surface area contributed by atoms with Crippen LogP contribution in [0.4, 0.5) is 10.6 Å². The van der Waals surface area contributed by atoms with Crippen LogP contribution in [-0.2, 0) is 4.74 Å². The predicted molar refractivity (Wildman–Crippen MR) is 146 cm³/mol. The van der Waals surface area contributed by atoms with E-state index in [4.69, 9.17) is 9.72 Å². The quantitative estimate of drug-likeness (QED) is 0.393. The first kappa shape index (κ1) is 24.2. The Hall–Kier alpha value is -3.83. The zero-order valence-corrected chi connectivity index (χ0v) is 22.3. The Bertz CT molecular complexity index is 1450. The molecule has 0 aliphatic carbocycles. The van der Waals surface area contributed by atoms with Gasteiger partial charge in [0.15, 0.2) is 11.5 Å². The van der Waals surface area contributed by atoms with Gasteiger partial charge in [0, 0.05) is 50.0 Å². The molecule has 0 saturated carbocycles. The van der Waals surface area contributed by atoms with Crippen LogP contribution in [0.15, 0.2) is 49.1 Å². The van der Waals surface area contributed by atoms with Gasteiger partial charge in [-0.3, -0.25) is 14.9 Å². The van der Waals surface area contributed by atoms with Crippen LogP contribution < -0.4 is 4.90 Å². The molecule has 0 radical (unpaired) electrons. The topological polar surface area (TPSA) is 108 Å². The van der Waals surface area contributed by atoms with Crippen molar-refractivity contribution in [2.75, 3.05) is 37.6 Å². The number of morpholine rings is 1. The van der Waals surface area contributed by atoms with Crippen LogP contribution in [0, 0.1) is 5.92 Å². The summed E-state index contributed by atoms with van der Waals surface area (Å²) in [4.78, 5) is 29.3. The third-order valence-electron chi connectivity index (χ3n) is 8.26. The number of carbonyl (C=O) groups is 1. The maximum Gasteiger partial charge on any atom is 0.326 e. The minimum absolute atomic E-state index is 0.0266.